The van der Waals surface area contributed by atoms with Crippen molar-refractivity contribution >= 4 is 5.69 Å². The molecule has 3 nitrogen and oxygen atoms in total. The lowest BCUT2D eigenvalue weighted by molar-refractivity contribution is 0.383. The van der Waals surface area contributed by atoms with E-state index in [1.54, 1.807) is 12.1 Å². The van der Waals surface area contributed by atoms with Gasteiger partial charge in [0.15, 0.2) is 0 Å². The molecule has 2 rings (SSSR count). The number of nitriles is 1. The fraction of sp³-hybridized carbons (Fsp3) is 0.300. The highest BCUT2D eigenvalue weighted by Gasteiger charge is 2.21. The second-order valence-electron chi connectivity index (χ2n) is 3.25. The Balaban J connectivity index is 2.41. The molecule has 0 amide bonds. The molecule has 66 valence electrons. The first-order chi connectivity index (χ1) is 6.31. The van der Waals surface area contributed by atoms with Crippen molar-refractivity contribution in [3.63, 3.8) is 0 Å². The molecule has 0 saturated carbocycles. The van der Waals surface area contributed by atoms with Crippen LogP contribution in [0.3, 0.4) is 0 Å². The number of nitrogens with zero attached hydrogens (tertiary/aromatic N) is 1. The smallest absolute Gasteiger partial charge is 0.0995 e. The van der Waals surface area contributed by atoms with Crippen LogP contribution in [0.15, 0.2) is 18.2 Å². The molecule has 1 aromatic rings. The summed E-state index contributed by atoms with van der Waals surface area (Å²) in [5, 5.41) is 12.1. The zero-order valence-electron chi connectivity index (χ0n) is 7.25. The van der Waals surface area contributed by atoms with E-state index in [1.165, 1.54) is 0 Å². The molecule has 1 aliphatic heterocycles. The molecule has 1 unspecified atom stereocenters. The molecule has 1 fully saturated rings. The van der Waals surface area contributed by atoms with Gasteiger partial charge in [0.1, 0.15) is 0 Å². The highest BCUT2D eigenvalue weighted by molar-refractivity contribution is 5.50. The van der Waals surface area contributed by atoms with Gasteiger partial charge >= 0.3 is 0 Å². The number of hydrogen-bond acceptors (Lipinski definition) is 3. The van der Waals surface area contributed by atoms with Gasteiger partial charge in [0.2, 0.25) is 0 Å². The standard InChI is InChI=1S/C10H11N3/c11-6-7-1-2-8(12)5-9(7)10-3-4-13-10/h1-2,5,10,13H,3-4,12H2. The summed E-state index contributed by atoms with van der Waals surface area (Å²) >= 11 is 0. The van der Waals surface area contributed by atoms with E-state index >= 15 is 0 Å². The van der Waals surface area contributed by atoms with E-state index in [2.05, 4.69) is 11.4 Å². The van der Waals surface area contributed by atoms with E-state index in [0.29, 0.717) is 6.04 Å². The monoisotopic (exact) mass is 173 g/mol. The van der Waals surface area contributed by atoms with Crippen LogP contribution in [-0.4, -0.2) is 6.54 Å². The lowest BCUT2D eigenvalue weighted by atomic mass is 9.93. The fourth-order valence-electron chi connectivity index (χ4n) is 1.53. The third-order valence-electron chi connectivity index (χ3n) is 2.40. The maximum atomic E-state index is 8.86. The lowest BCUT2D eigenvalue weighted by Gasteiger charge is -2.28. The molecule has 1 aliphatic rings. The van der Waals surface area contributed by atoms with Crippen LogP contribution in [0.25, 0.3) is 0 Å². The van der Waals surface area contributed by atoms with Crippen LogP contribution in [0.4, 0.5) is 5.69 Å². The number of nitrogens with two attached hydrogens (primary N) is 1. The Morgan fingerprint density at radius 1 is 1.54 bits per heavy atom. The summed E-state index contributed by atoms with van der Waals surface area (Å²) < 4.78 is 0. The molecule has 1 saturated heterocycles. The van der Waals surface area contributed by atoms with Crippen LogP contribution in [0.5, 0.6) is 0 Å². The predicted molar refractivity (Wildman–Crippen MR) is 50.9 cm³/mol. The van der Waals surface area contributed by atoms with Gasteiger partial charge in [-0.25, -0.2) is 0 Å². The SMILES string of the molecule is N#Cc1ccc(N)cc1C1CCN1. The van der Waals surface area contributed by atoms with Crippen molar-refractivity contribution in [3.05, 3.63) is 29.3 Å². The molecule has 1 atom stereocenters. The normalized spacial score (nSPS) is 20.4. The molecule has 1 aromatic carbocycles. The van der Waals surface area contributed by atoms with E-state index < -0.39 is 0 Å². The van der Waals surface area contributed by atoms with Crippen LogP contribution < -0.4 is 11.1 Å². The summed E-state index contributed by atoms with van der Waals surface area (Å²) in [5.41, 5.74) is 8.15. The average molecular weight is 173 g/mol. The zero-order chi connectivity index (χ0) is 9.26. The Morgan fingerprint density at radius 3 is 2.85 bits per heavy atom. The number of nitrogens with one attached hydrogen (secondary N) is 1. The van der Waals surface area contributed by atoms with Crippen molar-refractivity contribution in [1.82, 2.24) is 5.32 Å². The number of nitrogen functional groups attached to an aromatic ring is 1. The van der Waals surface area contributed by atoms with E-state index in [-0.39, 0.29) is 0 Å². The average Bonchev–Trinajstić information content (AvgIpc) is 2.02. The van der Waals surface area contributed by atoms with Gasteiger partial charge in [-0.3, -0.25) is 0 Å². The minimum Gasteiger partial charge on any atom is -0.399 e. The molecular formula is C10H11N3. The molecule has 0 aromatic heterocycles. The van der Waals surface area contributed by atoms with Crippen LogP contribution in [0.2, 0.25) is 0 Å². The molecule has 0 bridgehead atoms. The van der Waals surface area contributed by atoms with E-state index in [1.807, 2.05) is 6.07 Å². The van der Waals surface area contributed by atoms with E-state index in [0.717, 1.165) is 29.8 Å². The maximum Gasteiger partial charge on any atom is 0.0995 e. The molecule has 0 radical (unpaired) electrons. The van der Waals surface area contributed by atoms with E-state index in [4.69, 9.17) is 11.0 Å². The van der Waals surface area contributed by atoms with Crippen LogP contribution >= 0.6 is 0 Å². The lowest BCUT2D eigenvalue weighted by Crippen LogP contribution is -2.35. The molecule has 1 heterocycles. The Bertz CT molecular complexity index is 361. The van der Waals surface area contributed by atoms with Gasteiger partial charge in [-0.2, -0.15) is 5.26 Å². The van der Waals surface area contributed by atoms with Crippen molar-refractivity contribution in [3.8, 4) is 6.07 Å². The largest absolute Gasteiger partial charge is 0.399 e. The Morgan fingerprint density at radius 2 is 2.31 bits per heavy atom. The number of rotatable bonds is 1. The van der Waals surface area contributed by atoms with Crippen LogP contribution in [0.1, 0.15) is 23.6 Å². The van der Waals surface area contributed by atoms with Crippen molar-refractivity contribution in [1.29, 1.82) is 5.26 Å². The fourth-order valence-corrected chi connectivity index (χ4v) is 1.53. The van der Waals surface area contributed by atoms with Gasteiger partial charge in [-0.05, 0) is 36.7 Å². The third kappa shape index (κ3) is 1.36. The number of hydrogen-bond donors (Lipinski definition) is 2. The second-order valence-corrected chi connectivity index (χ2v) is 3.25. The van der Waals surface area contributed by atoms with Gasteiger partial charge in [-0.15, -0.1) is 0 Å². The highest BCUT2D eigenvalue weighted by atomic mass is 15.0. The van der Waals surface area contributed by atoms with Crippen molar-refractivity contribution in [2.75, 3.05) is 12.3 Å². The van der Waals surface area contributed by atoms with Gasteiger partial charge in [0.05, 0.1) is 11.6 Å². The summed E-state index contributed by atoms with van der Waals surface area (Å²) in [7, 11) is 0. The quantitative estimate of drug-likeness (QED) is 0.627. The molecule has 0 spiro atoms. The number of benzene rings is 1. The summed E-state index contributed by atoms with van der Waals surface area (Å²) in [6, 6.07) is 7.94. The van der Waals surface area contributed by atoms with Crippen molar-refractivity contribution < 1.29 is 0 Å². The summed E-state index contributed by atoms with van der Waals surface area (Å²) in [6.45, 7) is 1.03. The first-order valence-electron chi connectivity index (χ1n) is 4.34. The van der Waals surface area contributed by atoms with Gasteiger partial charge in [-0.1, -0.05) is 0 Å². The Hall–Kier alpha value is -1.53. The van der Waals surface area contributed by atoms with Gasteiger partial charge < -0.3 is 11.1 Å². The summed E-state index contributed by atoms with van der Waals surface area (Å²) in [5.74, 6) is 0. The molecule has 0 aliphatic carbocycles. The van der Waals surface area contributed by atoms with E-state index in [9.17, 15) is 0 Å². The van der Waals surface area contributed by atoms with Gasteiger partial charge in [0, 0.05) is 11.7 Å². The highest BCUT2D eigenvalue weighted by Crippen LogP contribution is 2.27. The summed E-state index contributed by atoms with van der Waals surface area (Å²) in [4.78, 5) is 0. The second kappa shape index (κ2) is 3.08. The maximum absolute atomic E-state index is 8.86. The van der Waals surface area contributed by atoms with Crippen molar-refractivity contribution in [2.24, 2.45) is 0 Å². The van der Waals surface area contributed by atoms with Crippen molar-refractivity contribution in [2.45, 2.75) is 12.5 Å². The Labute approximate surface area is 77.2 Å². The van der Waals surface area contributed by atoms with Gasteiger partial charge in [0.25, 0.3) is 0 Å². The van der Waals surface area contributed by atoms with Crippen LogP contribution in [-0.2, 0) is 0 Å². The molecule has 3 heteroatoms. The minimum atomic E-state index is 0.332. The topological polar surface area (TPSA) is 61.8 Å². The molecule has 3 N–H and O–H groups in total. The predicted octanol–water partition coefficient (Wildman–Crippen LogP) is 1.17. The summed E-state index contributed by atoms with van der Waals surface area (Å²) in [6.07, 6.45) is 1.10. The first-order valence-corrected chi connectivity index (χ1v) is 4.34. The Kier molecular flexibility index (Phi) is 1.91. The first kappa shape index (κ1) is 8.09. The molecule has 13 heavy (non-hydrogen) atoms. The van der Waals surface area contributed by atoms with Crippen LogP contribution in [0, 0.1) is 11.3 Å². The zero-order valence-corrected chi connectivity index (χ0v) is 7.25. The minimum absolute atomic E-state index is 0.332. The number of anilines is 1. The molecular weight excluding hydrogens is 162 g/mol. The third-order valence-corrected chi connectivity index (χ3v) is 2.40.